The van der Waals surface area contributed by atoms with Crippen LogP contribution in [0.4, 0.5) is 0 Å². The fourth-order valence-electron chi connectivity index (χ4n) is 2.91. The Hall–Kier alpha value is -2.00. The summed E-state index contributed by atoms with van der Waals surface area (Å²) >= 11 is 0. The summed E-state index contributed by atoms with van der Waals surface area (Å²) in [5, 5.41) is 3.36. The van der Waals surface area contributed by atoms with Gasteiger partial charge in [0.05, 0.1) is 7.11 Å². The van der Waals surface area contributed by atoms with Crippen molar-refractivity contribution in [3.8, 4) is 11.5 Å². The third-order valence-electron chi connectivity index (χ3n) is 4.08. The first kappa shape index (κ1) is 14.0. The molecule has 0 spiro atoms. The first-order valence-corrected chi connectivity index (χ1v) is 7.36. The maximum atomic E-state index is 5.91. The van der Waals surface area contributed by atoms with Gasteiger partial charge in [-0.2, -0.15) is 0 Å². The van der Waals surface area contributed by atoms with Gasteiger partial charge in [-0.1, -0.05) is 18.2 Å². The van der Waals surface area contributed by atoms with E-state index in [1.165, 1.54) is 17.5 Å². The fraction of sp³-hybridized carbons (Fsp3) is 0.333. The van der Waals surface area contributed by atoms with E-state index in [0.717, 1.165) is 23.5 Å². The van der Waals surface area contributed by atoms with Gasteiger partial charge < -0.3 is 14.8 Å². The van der Waals surface area contributed by atoms with E-state index in [0.29, 0.717) is 12.6 Å². The standard InChI is InChI=1S/C18H21NO2/c1-19-18-9-6-14-11-16(7-8-17(14)18)21-12-13-4-3-5-15(10-13)20-2/h3-5,7-8,10-11,18-19H,6,9,12H2,1-2H3. The predicted molar refractivity (Wildman–Crippen MR) is 83.9 cm³/mol. The molecule has 1 atom stereocenters. The maximum absolute atomic E-state index is 5.91. The molecule has 3 rings (SSSR count). The van der Waals surface area contributed by atoms with Crippen LogP contribution in [-0.4, -0.2) is 14.2 Å². The van der Waals surface area contributed by atoms with Crippen molar-refractivity contribution in [1.29, 1.82) is 0 Å². The third kappa shape index (κ3) is 3.03. The molecule has 0 saturated carbocycles. The van der Waals surface area contributed by atoms with Gasteiger partial charge in [0, 0.05) is 6.04 Å². The Balaban J connectivity index is 1.68. The molecule has 1 aliphatic carbocycles. The van der Waals surface area contributed by atoms with E-state index in [1.807, 2.05) is 31.3 Å². The van der Waals surface area contributed by atoms with Gasteiger partial charge in [0.15, 0.2) is 0 Å². The van der Waals surface area contributed by atoms with Gasteiger partial charge in [-0.25, -0.2) is 0 Å². The van der Waals surface area contributed by atoms with Crippen molar-refractivity contribution >= 4 is 0 Å². The Kier molecular flexibility index (Phi) is 4.11. The Morgan fingerprint density at radius 2 is 2.05 bits per heavy atom. The molecule has 3 heteroatoms. The molecule has 0 heterocycles. The van der Waals surface area contributed by atoms with E-state index in [9.17, 15) is 0 Å². The molecular weight excluding hydrogens is 262 g/mol. The van der Waals surface area contributed by atoms with Gasteiger partial charge >= 0.3 is 0 Å². The highest BCUT2D eigenvalue weighted by Crippen LogP contribution is 2.33. The minimum absolute atomic E-state index is 0.493. The van der Waals surface area contributed by atoms with Crippen LogP contribution in [-0.2, 0) is 13.0 Å². The quantitative estimate of drug-likeness (QED) is 0.911. The van der Waals surface area contributed by atoms with Crippen molar-refractivity contribution in [2.75, 3.05) is 14.2 Å². The summed E-state index contributed by atoms with van der Waals surface area (Å²) in [7, 11) is 3.70. The zero-order valence-electron chi connectivity index (χ0n) is 12.6. The number of methoxy groups -OCH3 is 1. The zero-order chi connectivity index (χ0) is 14.7. The molecule has 3 nitrogen and oxygen atoms in total. The highest BCUT2D eigenvalue weighted by molar-refractivity contribution is 5.40. The first-order chi connectivity index (χ1) is 10.3. The summed E-state index contributed by atoms with van der Waals surface area (Å²) in [6, 6.07) is 14.9. The summed E-state index contributed by atoms with van der Waals surface area (Å²) < 4.78 is 11.1. The molecule has 0 bridgehead atoms. The minimum Gasteiger partial charge on any atom is -0.497 e. The van der Waals surface area contributed by atoms with Gasteiger partial charge in [-0.15, -0.1) is 0 Å². The summed E-state index contributed by atoms with van der Waals surface area (Å²) in [5.74, 6) is 1.80. The van der Waals surface area contributed by atoms with Crippen molar-refractivity contribution in [3.05, 3.63) is 59.2 Å². The normalized spacial score (nSPS) is 16.6. The van der Waals surface area contributed by atoms with Gasteiger partial charge in [0.2, 0.25) is 0 Å². The summed E-state index contributed by atoms with van der Waals surface area (Å²) in [6.45, 7) is 0.561. The Bertz CT molecular complexity index is 624. The Morgan fingerprint density at radius 1 is 1.14 bits per heavy atom. The van der Waals surface area contributed by atoms with Gasteiger partial charge in [0.1, 0.15) is 18.1 Å². The van der Waals surface area contributed by atoms with E-state index in [1.54, 1.807) is 7.11 Å². The van der Waals surface area contributed by atoms with Crippen LogP contribution in [0.3, 0.4) is 0 Å². The second-order valence-electron chi connectivity index (χ2n) is 5.38. The van der Waals surface area contributed by atoms with E-state index in [2.05, 4.69) is 23.5 Å². The third-order valence-corrected chi connectivity index (χ3v) is 4.08. The molecule has 0 radical (unpaired) electrons. The molecule has 1 aliphatic rings. The van der Waals surface area contributed by atoms with E-state index in [4.69, 9.17) is 9.47 Å². The second-order valence-corrected chi connectivity index (χ2v) is 5.38. The van der Waals surface area contributed by atoms with Crippen molar-refractivity contribution in [2.45, 2.75) is 25.5 Å². The molecular formula is C18H21NO2. The SMILES string of the molecule is CNC1CCc2cc(OCc3cccc(OC)c3)ccc21. The molecule has 110 valence electrons. The molecule has 1 unspecified atom stereocenters. The average Bonchev–Trinajstić information content (AvgIpc) is 2.95. The van der Waals surface area contributed by atoms with E-state index in [-0.39, 0.29) is 0 Å². The van der Waals surface area contributed by atoms with Crippen molar-refractivity contribution < 1.29 is 9.47 Å². The smallest absolute Gasteiger partial charge is 0.120 e. The highest BCUT2D eigenvalue weighted by atomic mass is 16.5. The first-order valence-electron chi connectivity index (χ1n) is 7.36. The van der Waals surface area contributed by atoms with Crippen LogP contribution in [0.5, 0.6) is 11.5 Å². The van der Waals surface area contributed by atoms with Crippen molar-refractivity contribution in [3.63, 3.8) is 0 Å². The lowest BCUT2D eigenvalue weighted by molar-refractivity contribution is 0.305. The van der Waals surface area contributed by atoms with Crippen LogP contribution in [0.25, 0.3) is 0 Å². The van der Waals surface area contributed by atoms with Crippen LogP contribution >= 0.6 is 0 Å². The van der Waals surface area contributed by atoms with E-state index >= 15 is 0 Å². The number of fused-ring (bicyclic) bond motifs is 1. The zero-order valence-corrected chi connectivity index (χ0v) is 12.6. The summed E-state index contributed by atoms with van der Waals surface area (Å²) in [4.78, 5) is 0. The monoisotopic (exact) mass is 283 g/mol. The van der Waals surface area contributed by atoms with Gasteiger partial charge in [0.25, 0.3) is 0 Å². The molecule has 0 fully saturated rings. The number of hydrogen-bond donors (Lipinski definition) is 1. The van der Waals surface area contributed by atoms with Crippen LogP contribution in [0.1, 0.15) is 29.2 Å². The lowest BCUT2D eigenvalue weighted by atomic mass is 10.1. The molecule has 0 amide bonds. The van der Waals surface area contributed by atoms with Gasteiger partial charge in [-0.05, 0) is 60.8 Å². The van der Waals surface area contributed by atoms with Gasteiger partial charge in [-0.3, -0.25) is 0 Å². The van der Waals surface area contributed by atoms with E-state index < -0.39 is 0 Å². The average molecular weight is 283 g/mol. The fourth-order valence-corrected chi connectivity index (χ4v) is 2.91. The topological polar surface area (TPSA) is 30.5 Å². The van der Waals surface area contributed by atoms with Crippen LogP contribution in [0, 0.1) is 0 Å². The number of hydrogen-bond acceptors (Lipinski definition) is 3. The second kappa shape index (κ2) is 6.19. The Labute approximate surface area is 125 Å². The minimum atomic E-state index is 0.493. The molecule has 1 N–H and O–H groups in total. The molecule has 2 aromatic rings. The molecule has 0 saturated heterocycles. The maximum Gasteiger partial charge on any atom is 0.120 e. The number of benzene rings is 2. The van der Waals surface area contributed by atoms with Crippen LogP contribution in [0.15, 0.2) is 42.5 Å². The molecule has 2 aromatic carbocycles. The van der Waals surface area contributed by atoms with Crippen LogP contribution in [0.2, 0.25) is 0 Å². The number of nitrogens with one attached hydrogen (secondary N) is 1. The number of ether oxygens (including phenoxy) is 2. The largest absolute Gasteiger partial charge is 0.497 e. The predicted octanol–water partition coefficient (Wildman–Crippen LogP) is 3.48. The summed E-state index contributed by atoms with van der Waals surface area (Å²) in [5.41, 5.74) is 3.92. The molecule has 0 aliphatic heterocycles. The Morgan fingerprint density at radius 3 is 2.86 bits per heavy atom. The number of rotatable bonds is 5. The molecule has 21 heavy (non-hydrogen) atoms. The highest BCUT2D eigenvalue weighted by Gasteiger charge is 2.20. The van der Waals surface area contributed by atoms with Crippen LogP contribution < -0.4 is 14.8 Å². The summed E-state index contributed by atoms with van der Waals surface area (Å²) in [6.07, 6.45) is 2.29. The van der Waals surface area contributed by atoms with Crippen molar-refractivity contribution in [1.82, 2.24) is 5.32 Å². The lowest BCUT2D eigenvalue weighted by Gasteiger charge is -2.12. The lowest BCUT2D eigenvalue weighted by Crippen LogP contribution is -2.12. The van der Waals surface area contributed by atoms with Crippen molar-refractivity contribution in [2.24, 2.45) is 0 Å². The molecule has 0 aromatic heterocycles. The number of aryl methyl sites for hydroxylation is 1.